The molecule has 1 saturated carbocycles. The van der Waals surface area contributed by atoms with E-state index in [1.54, 1.807) is 12.3 Å². The maximum atomic E-state index is 11.6. The van der Waals surface area contributed by atoms with Gasteiger partial charge in [-0.2, -0.15) is 0 Å². The molecular weight excluding hydrogens is 244 g/mol. The Morgan fingerprint density at radius 2 is 2.21 bits per heavy atom. The van der Waals surface area contributed by atoms with Crippen molar-refractivity contribution in [2.45, 2.75) is 24.9 Å². The van der Waals surface area contributed by atoms with E-state index in [2.05, 4.69) is 15.6 Å². The molecular formula is C13H20N4O2. The number of nitrogens with zero attached hydrogens (tertiary/aromatic N) is 2. The number of anilines is 2. The minimum absolute atomic E-state index is 0.294. The number of carbonyl (C=O) groups excluding carboxylic acids is 1. The molecule has 0 saturated heterocycles. The highest BCUT2D eigenvalue weighted by molar-refractivity contribution is 5.89. The van der Waals surface area contributed by atoms with Gasteiger partial charge in [0.1, 0.15) is 5.82 Å². The summed E-state index contributed by atoms with van der Waals surface area (Å²) in [5.74, 6) is 0.828. The number of rotatable bonds is 4. The van der Waals surface area contributed by atoms with Crippen LogP contribution in [-0.2, 0) is 0 Å². The first-order valence-corrected chi connectivity index (χ1v) is 6.39. The topological polar surface area (TPSA) is 77.5 Å². The first-order chi connectivity index (χ1) is 8.98. The molecule has 0 spiro atoms. The molecule has 2 amide bonds. The van der Waals surface area contributed by atoms with Crippen LogP contribution in [0.3, 0.4) is 0 Å². The van der Waals surface area contributed by atoms with Gasteiger partial charge in [0.25, 0.3) is 0 Å². The van der Waals surface area contributed by atoms with Crippen molar-refractivity contribution in [2.75, 3.05) is 30.9 Å². The molecule has 2 rings (SSSR count). The highest BCUT2D eigenvalue weighted by Gasteiger charge is 2.34. The number of aliphatic hydroxyl groups is 1. The van der Waals surface area contributed by atoms with E-state index in [0.29, 0.717) is 12.2 Å². The van der Waals surface area contributed by atoms with Crippen molar-refractivity contribution in [3.8, 4) is 0 Å². The lowest BCUT2D eigenvalue weighted by Gasteiger charge is -2.36. The average Bonchev–Trinajstić information content (AvgIpc) is 2.35. The van der Waals surface area contributed by atoms with E-state index >= 15 is 0 Å². The first-order valence-electron chi connectivity index (χ1n) is 6.39. The lowest BCUT2D eigenvalue weighted by molar-refractivity contribution is -0.0287. The molecule has 0 aromatic carbocycles. The number of pyridine rings is 1. The van der Waals surface area contributed by atoms with Crippen molar-refractivity contribution in [2.24, 2.45) is 0 Å². The molecule has 0 aliphatic heterocycles. The van der Waals surface area contributed by atoms with Crippen molar-refractivity contribution in [1.29, 1.82) is 0 Å². The van der Waals surface area contributed by atoms with Crippen LogP contribution in [0.2, 0.25) is 0 Å². The Hall–Kier alpha value is -1.82. The molecule has 1 heterocycles. The van der Waals surface area contributed by atoms with E-state index in [0.717, 1.165) is 25.1 Å². The number of carbonyl (C=O) groups is 1. The second kappa shape index (κ2) is 5.44. The molecule has 104 valence electrons. The van der Waals surface area contributed by atoms with Gasteiger partial charge < -0.3 is 20.6 Å². The predicted octanol–water partition coefficient (Wildman–Crippen LogP) is 1.18. The quantitative estimate of drug-likeness (QED) is 0.763. The number of hydrogen-bond donors (Lipinski definition) is 3. The zero-order valence-electron chi connectivity index (χ0n) is 11.3. The fraction of sp³-hybridized carbons (Fsp3) is 0.538. The molecule has 0 radical (unpaired) electrons. The summed E-state index contributed by atoms with van der Waals surface area (Å²) >= 11 is 0. The Kier molecular flexibility index (Phi) is 3.90. The summed E-state index contributed by atoms with van der Waals surface area (Å²) in [4.78, 5) is 17.7. The van der Waals surface area contributed by atoms with Crippen LogP contribution < -0.4 is 15.5 Å². The molecule has 19 heavy (non-hydrogen) atoms. The van der Waals surface area contributed by atoms with Crippen LogP contribution in [0.15, 0.2) is 18.3 Å². The van der Waals surface area contributed by atoms with Gasteiger partial charge in [0.15, 0.2) is 0 Å². The van der Waals surface area contributed by atoms with Crippen molar-refractivity contribution >= 4 is 17.5 Å². The van der Waals surface area contributed by atoms with Crippen LogP contribution in [-0.4, -0.2) is 42.4 Å². The van der Waals surface area contributed by atoms with Crippen LogP contribution in [0.25, 0.3) is 0 Å². The zero-order valence-corrected chi connectivity index (χ0v) is 11.3. The van der Waals surface area contributed by atoms with Gasteiger partial charge in [0, 0.05) is 20.6 Å². The van der Waals surface area contributed by atoms with E-state index in [-0.39, 0.29) is 6.03 Å². The fourth-order valence-electron chi connectivity index (χ4n) is 1.91. The third kappa shape index (κ3) is 3.57. The van der Waals surface area contributed by atoms with Crippen LogP contribution in [0.5, 0.6) is 0 Å². The monoisotopic (exact) mass is 264 g/mol. The highest BCUT2D eigenvalue weighted by Crippen LogP contribution is 2.30. The lowest BCUT2D eigenvalue weighted by Crippen LogP contribution is -2.48. The summed E-state index contributed by atoms with van der Waals surface area (Å²) in [6.07, 6.45) is 4.14. The number of amides is 2. The number of aromatic nitrogens is 1. The van der Waals surface area contributed by atoms with Crippen LogP contribution in [0, 0.1) is 0 Å². The minimum atomic E-state index is -0.704. The number of hydrogen-bond acceptors (Lipinski definition) is 4. The summed E-state index contributed by atoms with van der Waals surface area (Å²) in [5.41, 5.74) is -0.0756. The van der Waals surface area contributed by atoms with Crippen molar-refractivity contribution in [3.05, 3.63) is 18.3 Å². The van der Waals surface area contributed by atoms with Gasteiger partial charge in [-0.3, -0.25) is 0 Å². The zero-order chi connectivity index (χ0) is 13.9. The molecule has 1 aromatic rings. The van der Waals surface area contributed by atoms with Gasteiger partial charge in [-0.15, -0.1) is 0 Å². The SMILES string of the molecule is CN(C)c1ccc(NC(=O)NCC2(O)CCC2)cn1. The Balaban J connectivity index is 1.81. The van der Waals surface area contributed by atoms with Gasteiger partial charge in [-0.05, 0) is 31.4 Å². The summed E-state index contributed by atoms with van der Waals surface area (Å²) < 4.78 is 0. The fourth-order valence-corrected chi connectivity index (χ4v) is 1.91. The van der Waals surface area contributed by atoms with E-state index in [9.17, 15) is 9.90 Å². The van der Waals surface area contributed by atoms with Gasteiger partial charge in [-0.25, -0.2) is 9.78 Å². The number of nitrogens with one attached hydrogen (secondary N) is 2. The van der Waals surface area contributed by atoms with Gasteiger partial charge in [-0.1, -0.05) is 0 Å². The average molecular weight is 264 g/mol. The second-order valence-electron chi connectivity index (χ2n) is 5.19. The van der Waals surface area contributed by atoms with E-state index in [1.165, 1.54) is 0 Å². The van der Waals surface area contributed by atoms with Crippen molar-refractivity contribution < 1.29 is 9.90 Å². The Labute approximate surface area is 112 Å². The Morgan fingerprint density at radius 1 is 1.47 bits per heavy atom. The molecule has 1 aromatic heterocycles. The number of urea groups is 1. The van der Waals surface area contributed by atoms with E-state index in [1.807, 2.05) is 25.1 Å². The molecule has 6 heteroatoms. The summed E-state index contributed by atoms with van der Waals surface area (Å²) in [5, 5.41) is 15.2. The van der Waals surface area contributed by atoms with Gasteiger partial charge >= 0.3 is 6.03 Å². The molecule has 0 unspecified atom stereocenters. The van der Waals surface area contributed by atoms with Crippen molar-refractivity contribution in [1.82, 2.24) is 10.3 Å². The maximum Gasteiger partial charge on any atom is 0.319 e. The standard InChI is InChI=1S/C13H20N4O2/c1-17(2)11-5-4-10(8-14-11)16-12(18)15-9-13(19)6-3-7-13/h4-5,8,19H,3,6-7,9H2,1-2H3,(H2,15,16,18). The summed E-state index contributed by atoms with van der Waals surface area (Å²) in [7, 11) is 3.81. The molecule has 6 nitrogen and oxygen atoms in total. The predicted molar refractivity (Wildman–Crippen MR) is 74.4 cm³/mol. The second-order valence-corrected chi connectivity index (χ2v) is 5.19. The molecule has 1 fully saturated rings. The van der Waals surface area contributed by atoms with Crippen LogP contribution in [0.1, 0.15) is 19.3 Å². The third-order valence-corrected chi connectivity index (χ3v) is 3.33. The Morgan fingerprint density at radius 3 is 2.68 bits per heavy atom. The van der Waals surface area contributed by atoms with E-state index < -0.39 is 5.60 Å². The normalized spacial score (nSPS) is 16.4. The van der Waals surface area contributed by atoms with Crippen LogP contribution >= 0.6 is 0 Å². The maximum absolute atomic E-state index is 11.6. The van der Waals surface area contributed by atoms with E-state index in [4.69, 9.17) is 0 Å². The largest absolute Gasteiger partial charge is 0.388 e. The molecule has 0 bridgehead atoms. The highest BCUT2D eigenvalue weighted by atomic mass is 16.3. The smallest absolute Gasteiger partial charge is 0.319 e. The molecule has 1 aliphatic carbocycles. The van der Waals surface area contributed by atoms with Crippen molar-refractivity contribution in [3.63, 3.8) is 0 Å². The molecule has 1 aliphatic rings. The summed E-state index contributed by atoms with van der Waals surface area (Å²) in [6.45, 7) is 0.294. The third-order valence-electron chi connectivity index (χ3n) is 3.33. The van der Waals surface area contributed by atoms with Gasteiger partial charge in [0.05, 0.1) is 17.5 Å². The van der Waals surface area contributed by atoms with Crippen LogP contribution in [0.4, 0.5) is 16.3 Å². The minimum Gasteiger partial charge on any atom is -0.388 e. The molecule has 3 N–H and O–H groups in total. The lowest BCUT2D eigenvalue weighted by atomic mass is 9.80. The first kappa shape index (κ1) is 13.6. The Bertz CT molecular complexity index is 440. The molecule has 0 atom stereocenters. The van der Waals surface area contributed by atoms with Gasteiger partial charge in [0.2, 0.25) is 0 Å². The summed E-state index contributed by atoms with van der Waals surface area (Å²) in [6, 6.07) is 3.30.